The minimum Gasteiger partial charge on any atom is -0.444 e. The fraction of sp³-hybridized carbons (Fsp3) is 0.545. The first-order valence-electron chi connectivity index (χ1n) is 10.6. The second kappa shape index (κ2) is 8.74. The summed E-state index contributed by atoms with van der Waals surface area (Å²) in [5, 5.41) is 6.82. The van der Waals surface area contributed by atoms with Crippen LogP contribution in [0.3, 0.4) is 0 Å². The largest absolute Gasteiger partial charge is 0.444 e. The SMILES string of the molecule is CC(C)c1nn(/C(N)=C/N(N)C2CCN(C(=O)OC(C)(C)C)CC2)c2c(F)cccc12. The zero-order valence-electron chi connectivity index (χ0n) is 18.9. The van der Waals surface area contributed by atoms with Crippen molar-refractivity contribution >= 4 is 22.8 Å². The maximum Gasteiger partial charge on any atom is 0.410 e. The van der Waals surface area contributed by atoms with Gasteiger partial charge >= 0.3 is 6.09 Å². The number of benzene rings is 1. The molecule has 170 valence electrons. The Bertz CT molecular complexity index is 970. The van der Waals surface area contributed by atoms with Crippen molar-refractivity contribution < 1.29 is 13.9 Å². The molecule has 2 heterocycles. The molecule has 1 aromatic carbocycles. The van der Waals surface area contributed by atoms with E-state index < -0.39 is 5.60 Å². The Kier molecular flexibility index (Phi) is 6.45. The summed E-state index contributed by atoms with van der Waals surface area (Å²) in [6, 6.07) is 4.90. The maximum atomic E-state index is 14.6. The van der Waals surface area contributed by atoms with Crippen molar-refractivity contribution in [1.82, 2.24) is 19.7 Å². The van der Waals surface area contributed by atoms with E-state index in [0.29, 0.717) is 31.4 Å². The van der Waals surface area contributed by atoms with Gasteiger partial charge in [0.15, 0.2) is 0 Å². The first-order valence-corrected chi connectivity index (χ1v) is 10.6. The lowest BCUT2D eigenvalue weighted by Crippen LogP contribution is -2.48. The second-order valence-electron chi connectivity index (χ2n) is 9.29. The van der Waals surface area contributed by atoms with Gasteiger partial charge < -0.3 is 20.4 Å². The highest BCUT2D eigenvalue weighted by Gasteiger charge is 2.28. The van der Waals surface area contributed by atoms with Crippen LogP contribution in [0.5, 0.6) is 0 Å². The van der Waals surface area contributed by atoms with Crippen molar-refractivity contribution in [2.24, 2.45) is 11.6 Å². The highest BCUT2D eigenvalue weighted by molar-refractivity contribution is 5.85. The molecule has 1 amide bonds. The van der Waals surface area contributed by atoms with Gasteiger partial charge in [-0.05, 0) is 45.6 Å². The molecule has 1 aliphatic heterocycles. The van der Waals surface area contributed by atoms with E-state index in [1.165, 1.54) is 15.8 Å². The maximum absolute atomic E-state index is 14.6. The van der Waals surface area contributed by atoms with Gasteiger partial charge in [0.1, 0.15) is 22.8 Å². The van der Waals surface area contributed by atoms with Gasteiger partial charge in [0.2, 0.25) is 0 Å². The molecule has 4 N–H and O–H groups in total. The van der Waals surface area contributed by atoms with Crippen molar-refractivity contribution in [3.8, 4) is 0 Å². The minimum absolute atomic E-state index is 0.00604. The van der Waals surface area contributed by atoms with Crippen LogP contribution < -0.4 is 11.6 Å². The molecule has 0 atom stereocenters. The van der Waals surface area contributed by atoms with Gasteiger partial charge in [-0.2, -0.15) is 5.10 Å². The summed E-state index contributed by atoms with van der Waals surface area (Å²) in [4.78, 5) is 13.9. The van der Waals surface area contributed by atoms with Gasteiger partial charge in [-0.15, -0.1) is 0 Å². The van der Waals surface area contributed by atoms with E-state index in [1.807, 2.05) is 40.7 Å². The minimum atomic E-state index is -0.526. The van der Waals surface area contributed by atoms with E-state index in [2.05, 4.69) is 5.10 Å². The number of para-hydroxylation sites is 1. The third-order valence-corrected chi connectivity index (χ3v) is 5.29. The Morgan fingerprint density at radius 3 is 2.55 bits per heavy atom. The Morgan fingerprint density at radius 1 is 1.32 bits per heavy atom. The number of hydrazine groups is 1. The molecule has 2 aromatic rings. The predicted molar refractivity (Wildman–Crippen MR) is 119 cm³/mol. The number of hydrogen-bond acceptors (Lipinski definition) is 6. The van der Waals surface area contributed by atoms with E-state index in [9.17, 15) is 9.18 Å². The average molecular weight is 433 g/mol. The molecular weight excluding hydrogens is 399 g/mol. The third-order valence-electron chi connectivity index (χ3n) is 5.29. The smallest absolute Gasteiger partial charge is 0.410 e. The molecule has 3 rings (SSSR count). The zero-order valence-corrected chi connectivity index (χ0v) is 18.9. The number of nitrogens with zero attached hydrogens (tertiary/aromatic N) is 4. The zero-order chi connectivity index (χ0) is 22.9. The van der Waals surface area contributed by atoms with Crippen LogP contribution in [0, 0.1) is 5.82 Å². The number of carbonyl (C=O) groups excluding carboxylic acids is 1. The molecule has 1 fully saturated rings. The Balaban J connectivity index is 1.74. The van der Waals surface area contributed by atoms with Crippen LogP contribution in [0.2, 0.25) is 0 Å². The van der Waals surface area contributed by atoms with Crippen LogP contribution >= 0.6 is 0 Å². The number of ether oxygens (including phenoxy) is 1. The number of halogens is 1. The number of piperidine rings is 1. The number of rotatable bonds is 4. The van der Waals surface area contributed by atoms with E-state index in [1.54, 1.807) is 17.2 Å². The summed E-state index contributed by atoms with van der Waals surface area (Å²) in [6.45, 7) is 10.6. The molecule has 8 nitrogen and oxygen atoms in total. The van der Waals surface area contributed by atoms with Crippen LogP contribution in [-0.2, 0) is 4.74 Å². The standard InChI is InChI=1S/C22H33FN6O2/c1-14(2)19-16-7-6-8-17(23)20(16)29(26-19)18(24)13-28(25)15-9-11-27(12-10-15)21(30)31-22(3,4)5/h6-8,13-15H,9-12,24-25H2,1-5H3/b18-13+. The molecule has 0 bridgehead atoms. The second-order valence-corrected chi connectivity index (χ2v) is 9.29. The highest BCUT2D eigenvalue weighted by atomic mass is 19.1. The van der Waals surface area contributed by atoms with Crippen LogP contribution in [0.25, 0.3) is 16.7 Å². The Hall–Kier alpha value is -2.81. The molecular formula is C22H33FN6O2. The lowest BCUT2D eigenvalue weighted by molar-refractivity contribution is 0.0165. The number of fused-ring (bicyclic) bond motifs is 1. The van der Waals surface area contributed by atoms with Crippen molar-refractivity contribution in [1.29, 1.82) is 0 Å². The fourth-order valence-corrected chi connectivity index (χ4v) is 3.75. The van der Waals surface area contributed by atoms with Crippen LogP contribution in [0.15, 0.2) is 24.4 Å². The van der Waals surface area contributed by atoms with Gasteiger partial charge in [0.25, 0.3) is 0 Å². The molecule has 0 saturated carbocycles. The number of likely N-dealkylation sites (tertiary alicyclic amines) is 1. The van der Waals surface area contributed by atoms with E-state index >= 15 is 0 Å². The summed E-state index contributed by atoms with van der Waals surface area (Å²) < 4.78 is 21.4. The molecule has 0 aliphatic carbocycles. The number of carbonyl (C=O) groups is 1. The fourth-order valence-electron chi connectivity index (χ4n) is 3.75. The topological polar surface area (TPSA) is 103 Å². The molecule has 0 radical (unpaired) electrons. The molecule has 1 aromatic heterocycles. The van der Waals surface area contributed by atoms with Gasteiger partial charge in [-0.25, -0.2) is 19.7 Å². The van der Waals surface area contributed by atoms with Gasteiger partial charge in [-0.1, -0.05) is 26.0 Å². The van der Waals surface area contributed by atoms with Gasteiger partial charge in [0, 0.05) is 24.5 Å². The van der Waals surface area contributed by atoms with Crippen LogP contribution in [-0.4, -0.2) is 50.5 Å². The summed E-state index contributed by atoms with van der Waals surface area (Å²) >= 11 is 0. The Labute approximate surface area is 182 Å². The van der Waals surface area contributed by atoms with Gasteiger partial charge in [-0.3, -0.25) is 0 Å². The number of hydrogen-bond donors (Lipinski definition) is 2. The normalized spacial score (nSPS) is 16.3. The monoisotopic (exact) mass is 432 g/mol. The first kappa shape index (κ1) is 22.9. The van der Waals surface area contributed by atoms with E-state index in [-0.39, 0.29) is 29.7 Å². The van der Waals surface area contributed by atoms with E-state index in [4.69, 9.17) is 16.3 Å². The summed E-state index contributed by atoms with van der Waals surface area (Å²) in [5.74, 6) is 6.23. The lowest BCUT2D eigenvalue weighted by atomic mass is 10.1. The molecule has 1 saturated heterocycles. The Morgan fingerprint density at radius 2 is 1.97 bits per heavy atom. The van der Waals surface area contributed by atoms with Gasteiger partial charge in [0.05, 0.1) is 11.9 Å². The van der Waals surface area contributed by atoms with Crippen molar-refractivity contribution in [2.45, 2.75) is 65.0 Å². The van der Waals surface area contributed by atoms with Crippen LogP contribution in [0.1, 0.15) is 59.1 Å². The predicted octanol–water partition coefficient (Wildman–Crippen LogP) is 3.59. The number of amides is 1. The van der Waals surface area contributed by atoms with E-state index in [0.717, 1.165) is 11.1 Å². The quantitative estimate of drug-likeness (QED) is 0.565. The summed E-state index contributed by atoms with van der Waals surface area (Å²) in [6.07, 6.45) is 2.61. The molecule has 0 unspecified atom stereocenters. The third kappa shape index (κ3) is 5.10. The highest BCUT2D eigenvalue weighted by Crippen LogP contribution is 2.28. The van der Waals surface area contributed by atoms with Crippen molar-refractivity contribution in [3.05, 3.63) is 35.9 Å². The molecule has 0 spiro atoms. The summed E-state index contributed by atoms with van der Waals surface area (Å²) in [7, 11) is 0. The summed E-state index contributed by atoms with van der Waals surface area (Å²) in [5.41, 5.74) is 6.88. The first-order chi connectivity index (χ1) is 14.5. The molecule has 9 heteroatoms. The number of aromatic nitrogens is 2. The molecule has 1 aliphatic rings. The lowest BCUT2D eigenvalue weighted by Gasteiger charge is -2.36. The van der Waals surface area contributed by atoms with Crippen molar-refractivity contribution in [3.63, 3.8) is 0 Å². The molecule has 31 heavy (non-hydrogen) atoms. The van der Waals surface area contributed by atoms with Crippen molar-refractivity contribution in [2.75, 3.05) is 13.1 Å². The average Bonchev–Trinajstić information content (AvgIpc) is 3.08. The number of nitrogens with two attached hydrogens (primary N) is 2. The van der Waals surface area contributed by atoms with Crippen LogP contribution in [0.4, 0.5) is 9.18 Å².